The van der Waals surface area contributed by atoms with E-state index in [1.807, 2.05) is 19.9 Å². The van der Waals surface area contributed by atoms with Gasteiger partial charge in [0.05, 0.1) is 6.04 Å². The van der Waals surface area contributed by atoms with Crippen LogP contribution in [0.15, 0.2) is 30.9 Å². The Morgan fingerprint density at radius 3 is 2.74 bits per heavy atom. The lowest BCUT2D eigenvalue weighted by atomic mass is 9.95. The highest BCUT2D eigenvalue weighted by Crippen LogP contribution is 2.20. The second-order valence-electron chi connectivity index (χ2n) is 5.07. The van der Waals surface area contributed by atoms with Gasteiger partial charge < -0.3 is 16.8 Å². The molecule has 0 spiro atoms. The normalized spacial score (nSPS) is 12.2. The quantitative estimate of drug-likeness (QED) is 0.400. The van der Waals surface area contributed by atoms with Crippen LogP contribution in [0.5, 0.6) is 0 Å². The third kappa shape index (κ3) is 4.41. The van der Waals surface area contributed by atoms with E-state index < -0.39 is 6.04 Å². The van der Waals surface area contributed by atoms with Gasteiger partial charge >= 0.3 is 0 Å². The van der Waals surface area contributed by atoms with Crippen molar-refractivity contribution in [2.24, 2.45) is 11.7 Å². The van der Waals surface area contributed by atoms with Crippen LogP contribution in [0, 0.1) is 5.92 Å². The summed E-state index contributed by atoms with van der Waals surface area (Å²) in [5.74, 6) is 0.274. The van der Waals surface area contributed by atoms with Crippen LogP contribution in [-0.4, -0.2) is 18.4 Å². The van der Waals surface area contributed by atoms with E-state index in [9.17, 15) is 4.79 Å². The van der Waals surface area contributed by atoms with Crippen molar-refractivity contribution in [2.75, 3.05) is 17.6 Å². The van der Waals surface area contributed by atoms with Gasteiger partial charge in [-0.3, -0.25) is 4.79 Å². The molecule has 0 aliphatic carbocycles. The van der Waals surface area contributed by atoms with Crippen molar-refractivity contribution in [3.8, 4) is 0 Å². The molecule has 0 amide bonds. The Hall–Kier alpha value is -1.81. The molecule has 0 saturated heterocycles. The van der Waals surface area contributed by atoms with Crippen LogP contribution in [0.2, 0.25) is 0 Å². The summed E-state index contributed by atoms with van der Waals surface area (Å²) in [6.45, 7) is 8.35. The monoisotopic (exact) mass is 261 g/mol. The molecule has 0 radical (unpaired) electrons. The van der Waals surface area contributed by atoms with Gasteiger partial charge in [0.1, 0.15) is 0 Å². The summed E-state index contributed by atoms with van der Waals surface area (Å²) < 4.78 is 0. The Labute approximate surface area is 114 Å². The smallest absolute Gasteiger partial charge is 0.181 e. The molecule has 104 valence electrons. The molecule has 0 saturated carbocycles. The molecule has 4 nitrogen and oxygen atoms in total. The fourth-order valence-electron chi connectivity index (χ4n) is 1.88. The van der Waals surface area contributed by atoms with Crippen LogP contribution < -0.4 is 16.8 Å². The fraction of sp³-hybridized carbons (Fsp3) is 0.400. The van der Waals surface area contributed by atoms with Crippen molar-refractivity contribution in [1.82, 2.24) is 0 Å². The standard InChI is InChI=1S/C15H23N3O/c1-4-7-18-11-5-6-13(16)12(9-11)15(19)14(17)8-10(2)3/h4-6,9-10,14,18H,1,7-8,16-17H2,2-3H3/t14-/m0/s1. The summed E-state index contributed by atoms with van der Waals surface area (Å²) in [7, 11) is 0. The zero-order valence-corrected chi connectivity index (χ0v) is 11.6. The average molecular weight is 261 g/mol. The number of nitrogen functional groups attached to an aromatic ring is 1. The van der Waals surface area contributed by atoms with Gasteiger partial charge in [-0.05, 0) is 30.5 Å². The molecule has 0 unspecified atom stereocenters. The van der Waals surface area contributed by atoms with Gasteiger partial charge in [0.15, 0.2) is 5.78 Å². The number of hydrogen-bond acceptors (Lipinski definition) is 4. The van der Waals surface area contributed by atoms with E-state index >= 15 is 0 Å². The van der Waals surface area contributed by atoms with E-state index in [0.29, 0.717) is 30.1 Å². The Morgan fingerprint density at radius 1 is 1.47 bits per heavy atom. The molecule has 4 heteroatoms. The summed E-state index contributed by atoms with van der Waals surface area (Å²) in [6, 6.07) is 4.81. The molecule has 0 aliphatic heterocycles. The molecule has 19 heavy (non-hydrogen) atoms. The van der Waals surface area contributed by atoms with Gasteiger partial charge in [-0.1, -0.05) is 19.9 Å². The number of anilines is 2. The Morgan fingerprint density at radius 2 is 2.16 bits per heavy atom. The molecule has 5 N–H and O–H groups in total. The maximum atomic E-state index is 12.3. The molecular weight excluding hydrogens is 238 g/mol. The summed E-state index contributed by atoms with van der Waals surface area (Å²) >= 11 is 0. The van der Waals surface area contributed by atoms with Crippen molar-refractivity contribution >= 4 is 17.2 Å². The van der Waals surface area contributed by atoms with E-state index in [4.69, 9.17) is 11.5 Å². The molecular formula is C15H23N3O. The highest BCUT2D eigenvalue weighted by molar-refractivity contribution is 6.04. The maximum Gasteiger partial charge on any atom is 0.181 e. The summed E-state index contributed by atoms with van der Waals surface area (Å²) in [5, 5.41) is 3.13. The molecule has 1 aromatic rings. The minimum Gasteiger partial charge on any atom is -0.398 e. The van der Waals surface area contributed by atoms with E-state index in [0.717, 1.165) is 5.69 Å². The van der Waals surface area contributed by atoms with Crippen molar-refractivity contribution in [1.29, 1.82) is 0 Å². The van der Waals surface area contributed by atoms with Gasteiger partial charge in [0.25, 0.3) is 0 Å². The predicted molar refractivity (Wildman–Crippen MR) is 81.3 cm³/mol. The van der Waals surface area contributed by atoms with Crippen LogP contribution in [-0.2, 0) is 0 Å². The van der Waals surface area contributed by atoms with Gasteiger partial charge in [-0.2, -0.15) is 0 Å². The Kier molecular flexibility index (Phi) is 5.57. The van der Waals surface area contributed by atoms with Gasteiger partial charge in [-0.25, -0.2) is 0 Å². The topological polar surface area (TPSA) is 81.1 Å². The molecule has 1 aromatic carbocycles. The molecule has 1 atom stereocenters. The van der Waals surface area contributed by atoms with Crippen LogP contribution in [0.3, 0.4) is 0 Å². The Bertz CT molecular complexity index is 455. The zero-order valence-electron chi connectivity index (χ0n) is 11.6. The van der Waals surface area contributed by atoms with E-state index in [2.05, 4.69) is 11.9 Å². The third-order valence-corrected chi connectivity index (χ3v) is 2.83. The number of nitrogens with one attached hydrogen (secondary N) is 1. The van der Waals surface area contributed by atoms with Gasteiger partial charge in [-0.15, -0.1) is 6.58 Å². The van der Waals surface area contributed by atoms with Crippen LogP contribution >= 0.6 is 0 Å². The lowest BCUT2D eigenvalue weighted by molar-refractivity contribution is 0.0952. The largest absolute Gasteiger partial charge is 0.398 e. The number of carbonyl (C=O) groups is 1. The molecule has 0 heterocycles. The van der Waals surface area contributed by atoms with Gasteiger partial charge in [0, 0.05) is 23.5 Å². The number of hydrogen-bond donors (Lipinski definition) is 3. The van der Waals surface area contributed by atoms with Gasteiger partial charge in [0.2, 0.25) is 0 Å². The maximum absolute atomic E-state index is 12.3. The van der Waals surface area contributed by atoms with E-state index in [1.54, 1.807) is 18.2 Å². The summed E-state index contributed by atoms with van der Waals surface area (Å²) in [4.78, 5) is 12.3. The minimum absolute atomic E-state index is 0.103. The van der Waals surface area contributed by atoms with E-state index in [-0.39, 0.29) is 5.78 Å². The predicted octanol–water partition coefficient (Wildman–Crippen LogP) is 2.42. The first-order valence-electron chi connectivity index (χ1n) is 6.49. The van der Waals surface area contributed by atoms with Crippen molar-refractivity contribution in [3.05, 3.63) is 36.4 Å². The van der Waals surface area contributed by atoms with Crippen LogP contribution in [0.4, 0.5) is 11.4 Å². The first kappa shape index (κ1) is 15.2. The highest BCUT2D eigenvalue weighted by Gasteiger charge is 2.19. The first-order chi connectivity index (χ1) is 8.95. The minimum atomic E-state index is -0.503. The second kappa shape index (κ2) is 6.95. The average Bonchev–Trinajstić information content (AvgIpc) is 2.36. The third-order valence-electron chi connectivity index (χ3n) is 2.83. The number of nitrogens with two attached hydrogens (primary N) is 2. The molecule has 0 fully saturated rings. The first-order valence-corrected chi connectivity index (χ1v) is 6.49. The summed E-state index contributed by atoms with van der Waals surface area (Å²) in [5.41, 5.74) is 13.6. The Balaban J connectivity index is 2.91. The SMILES string of the molecule is C=CCNc1ccc(N)c(C(=O)[C@@H](N)CC(C)C)c1. The molecule has 0 bridgehead atoms. The van der Waals surface area contributed by atoms with Crippen molar-refractivity contribution in [2.45, 2.75) is 26.3 Å². The zero-order chi connectivity index (χ0) is 14.4. The number of Topliss-reactive ketones (excluding diaryl/α,β-unsaturated/α-hetero) is 1. The highest BCUT2D eigenvalue weighted by atomic mass is 16.1. The molecule has 0 aliphatic rings. The lowest BCUT2D eigenvalue weighted by Gasteiger charge is -2.15. The number of ketones is 1. The van der Waals surface area contributed by atoms with Crippen molar-refractivity contribution in [3.63, 3.8) is 0 Å². The molecule has 1 rings (SSSR count). The summed E-state index contributed by atoms with van der Waals surface area (Å²) in [6.07, 6.45) is 2.41. The van der Waals surface area contributed by atoms with Crippen molar-refractivity contribution < 1.29 is 4.79 Å². The second-order valence-corrected chi connectivity index (χ2v) is 5.07. The van der Waals surface area contributed by atoms with Crippen LogP contribution in [0.1, 0.15) is 30.6 Å². The number of carbonyl (C=O) groups excluding carboxylic acids is 1. The number of benzene rings is 1. The molecule has 0 aromatic heterocycles. The lowest BCUT2D eigenvalue weighted by Crippen LogP contribution is -2.32. The van der Waals surface area contributed by atoms with E-state index in [1.165, 1.54) is 0 Å². The fourth-order valence-corrected chi connectivity index (χ4v) is 1.88. The van der Waals surface area contributed by atoms with Crippen LogP contribution in [0.25, 0.3) is 0 Å². The number of rotatable bonds is 7.